The number of halogens is 1. The average molecular weight is 407 g/mol. The molecular weight excluding hydrogens is 375 g/mol. The number of ether oxygens (including phenoxy) is 1. The van der Waals surface area contributed by atoms with E-state index in [2.05, 4.69) is 18.7 Å². The van der Waals surface area contributed by atoms with Crippen molar-refractivity contribution in [1.29, 1.82) is 0 Å². The van der Waals surface area contributed by atoms with Gasteiger partial charge in [-0.15, -0.1) is 11.3 Å². The predicted molar refractivity (Wildman–Crippen MR) is 111 cm³/mol. The van der Waals surface area contributed by atoms with Crippen LogP contribution in [0.3, 0.4) is 0 Å². The van der Waals surface area contributed by atoms with E-state index in [0.717, 1.165) is 60.9 Å². The molecule has 4 nitrogen and oxygen atoms in total. The van der Waals surface area contributed by atoms with Gasteiger partial charge in [0.15, 0.2) is 0 Å². The molecule has 154 valence electrons. The van der Waals surface area contributed by atoms with Crippen molar-refractivity contribution in [3.63, 3.8) is 0 Å². The molecule has 1 N–H and O–H groups in total. The molecule has 1 aromatic carbocycles. The highest BCUT2D eigenvalue weighted by Gasteiger charge is 2.35. The zero-order valence-corrected chi connectivity index (χ0v) is 17.9. The van der Waals surface area contributed by atoms with Crippen LogP contribution in [0.5, 0.6) is 5.75 Å². The van der Waals surface area contributed by atoms with Gasteiger partial charge < -0.3 is 14.7 Å². The summed E-state index contributed by atoms with van der Waals surface area (Å²) in [6.45, 7) is 10.0. The lowest BCUT2D eigenvalue weighted by Gasteiger charge is -2.25. The van der Waals surface area contributed by atoms with E-state index in [0.29, 0.717) is 18.3 Å². The van der Waals surface area contributed by atoms with E-state index in [1.165, 1.54) is 12.1 Å². The second-order valence-corrected chi connectivity index (χ2v) is 9.24. The molecule has 1 aromatic heterocycles. The molecule has 3 rings (SSSR count). The van der Waals surface area contributed by atoms with Crippen LogP contribution in [0.1, 0.15) is 48.7 Å². The van der Waals surface area contributed by atoms with Gasteiger partial charge >= 0.3 is 0 Å². The van der Waals surface area contributed by atoms with Crippen molar-refractivity contribution in [2.75, 3.05) is 26.2 Å². The molecule has 0 bridgehead atoms. The van der Waals surface area contributed by atoms with Gasteiger partial charge in [0.25, 0.3) is 0 Å². The highest BCUT2D eigenvalue weighted by Crippen LogP contribution is 2.36. The first-order valence-corrected chi connectivity index (χ1v) is 11.0. The lowest BCUT2D eigenvalue weighted by Crippen LogP contribution is -2.31. The van der Waals surface area contributed by atoms with E-state index in [1.54, 1.807) is 23.5 Å². The topological polar surface area (TPSA) is 45.6 Å². The fourth-order valence-corrected chi connectivity index (χ4v) is 4.93. The minimum Gasteiger partial charge on any atom is -0.493 e. The van der Waals surface area contributed by atoms with Gasteiger partial charge in [-0.05, 0) is 62.9 Å². The quantitative estimate of drug-likeness (QED) is 0.733. The van der Waals surface area contributed by atoms with Crippen molar-refractivity contribution >= 4 is 11.3 Å². The molecule has 0 spiro atoms. The molecule has 6 heteroatoms. The molecule has 0 radical (unpaired) electrons. The SMILES string of the molecule is Cc1nc(C2(O)CCCN(CC(C)C)CC2)sc1CCOc1ccc(F)cc1. The summed E-state index contributed by atoms with van der Waals surface area (Å²) in [4.78, 5) is 8.32. The molecule has 0 saturated carbocycles. The molecule has 1 atom stereocenters. The monoisotopic (exact) mass is 406 g/mol. The summed E-state index contributed by atoms with van der Waals surface area (Å²) in [7, 11) is 0. The third kappa shape index (κ3) is 5.52. The summed E-state index contributed by atoms with van der Waals surface area (Å²) in [6, 6.07) is 6.07. The highest BCUT2D eigenvalue weighted by atomic mass is 32.1. The number of thiazole rings is 1. The van der Waals surface area contributed by atoms with Crippen LogP contribution in [0.15, 0.2) is 24.3 Å². The zero-order valence-electron chi connectivity index (χ0n) is 17.1. The Balaban J connectivity index is 1.60. The Hall–Kier alpha value is -1.50. The van der Waals surface area contributed by atoms with Gasteiger partial charge in [0.1, 0.15) is 22.2 Å². The number of aromatic nitrogens is 1. The van der Waals surface area contributed by atoms with Crippen molar-refractivity contribution in [3.8, 4) is 5.75 Å². The molecule has 1 unspecified atom stereocenters. The van der Waals surface area contributed by atoms with E-state index < -0.39 is 5.60 Å². The van der Waals surface area contributed by atoms with Crippen LogP contribution in [0.2, 0.25) is 0 Å². The Labute approximate surface area is 171 Å². The van der Waals surface area contributed by atoms with Crippen LogP contribution in [-0.4, -0.2) is 41.2 Å². The Morgan fingerprint density at radius 3 is 2.71 bits per heavy atom. The van der Waals surface area contributed by atoms with Gasteiger partial charge in [-0.1, -0.05) is 13.8 Å². The summed E-state index contributed by atoms with van der Waals surface area (Å²) in [5.74, 6) is 1.04. The second-order valence-electron chi connectivity index (χ2n) is 8.16. The lowest BCUT2D eigenvalue weighted by molar-refractivity contribution is 0.0206. The summed E-state index contributed by atoms with van der Waals surface area (Å²) in [5.41, 5.74) is 0.149. The van der Waals surface area contributed by atoms with Crippen molar-refractivity contribution in [3.05, 3.63) is 45.7 Å². The summed E-state index contributed by atoms with van der Waals surface area (Å²) in [6.07, 6.45) is 3.22. The van der Waals surface area contributed by atoms with Gasteiger partial charge in [0, 0.05) is 24.4 Å². The Kier molecular flexibility index (Phi) is 7.07. The number of benzene rings is 1. The van der Waals surface area contributed by atoms with Crippen LogP contribution < -0.4 is 4.74 Å². The van der Waals surface area contributed by atoms with Gasteiger partial charge in [-0.3, -0.25) is 0 Å². The Morgan fingerprint density at radius 2 is 2.00 bits per heavy atom. The molecule has 1 fully saturated rings. The number of aryl methyl sites for hydroxylation is 1. The van der Waals surface area contributed by atoms with E-state index in [1.807, 2.05) is 6.92 Å². The standard InChI is InChI=1S/C22H31FN2O2S/c1-16(2)15-25-12-4-10-22(26,11-13-25)21-24-17(3)20(28-21)9-14-27-19-7-5-18(23)6-8-19/h5-8,16,26H,4,9-15H2,1-3H3. The minimum atomic E-state index is -0.822. The minimum absolute atomic E-state index is 0.265. The summed E-state index contributed by atoms with van der Waals surface area (Å²) < 4.78 is 18.7. The lowest BCUT2D eigenvalue weighted by atomic mass is 9.96. The predicted octanol–water partition coefficient (Wildman–Crippen LogP) is 4.54. The van der Waals surface area contributed by atoms with E-state index >= 15 is 0 Å². The number of hydrogen-bond donors (Lipinski definition) is 1. The smallest absolute Gasteiger partial charge is 0.125 e. The van der Waals surface area contributed by atoms with E-state index in [4.69, 9.17) is 9.72 Å². The number of nitrogens with zero attached hydrogens (tertiary/aromatic N) is 2. The van der Waals surface area contributed by atoms with Crippen LogP contribution in [0, 0.1) is 18.7 Å². The first kappa shape index (κ1) is 21.2. The Bertz CT molecular complexity index is 762. The van der Waals surface area contributed by atoms with Gasteiger partial charge in [-0.2, -0.15) is 0 Å². The van der Waals surface area contributed by atoms with Crippen LogP contribution in [0.25, 0.3) is 0 Å². The molecule has 1 aliphatic heterocycles. The van der Waals surface area contributed by atoms with E-state index in [9.17, 15) is 9.50 Å². The molecule has 2 aromatic rings. The third-order valence-electron chi connectivity index (χ3n) is 5.23. The van der Waals surface area contributed by atoms with Crippen molar-refractivity contribution < 1.29 is 14.2 Å². The second kappa shape index (κ2) is 9.33. The molecule has 0 aliphatic carbocycles. The fourth-order valence-electron chi connectivity index (χ4n) is 3.74. The van der Waals surface area contributed by atoms with Gasteiger partial charge in [0.05, 0.1) is 12.3 Å². The van der Waals surface area contributed by atoms with Gasteiger partial charge in [0.2, 0.25) is 0 Å². The number of aliphatic hydroxyl groups is 1. The third-order valence-corrected chi connectivity index (χ3v) is 6.64. The number of rotatable bonds is 7. The molecule has 2 heterocycles. The van der Waals surface area contributed by atoms with Gasteiger partial charge in [-0.25, -0.2) is 9.37 Å². The number of hydrogen-bond acceptors (Lipinski definition) is 5. The maximum Gasteiger partial charge on any atom is 0.125 e. The first-order chi connectivity index (χ1) is 13.4. The normalized spacial score (nSPS) is 21.1. The maximum absolute atomic E-state index is 13.0. The van der Waals surface area contributed by atoms with E-state index in [-0.39, 0.29) is 5.82 Å². The van der Waals surface area contributed by atoms with Crippen molar-refractivity contribution in [1.82, 2.24) is 9.88 Å². The molecule has 0 amide bonds. The van der Waals surface area contributed by atoms with Crippen LogP contribution >= 0.6 is 11.3 Å². The largest absolute Gasteiger partial charge is 0.493 e. The molecular formula is C22H31FN2O2S. The van der Waals surface area contributed by atoms with Crippen LogP contribution in [-0.2, 0) is 12.0 Å². The maximum atomic E-state index is 13.0. The van der Waals surface area contributed by atoms with Crippen molar-refractivity contribution in [2.24, 2.45) is 5.92 Å². The first-order valence-electron chi connectivity index (χ1n) is 10.2. The fraction of sp³-hybridized carbons (Fsp3) is 0.591. The Morgan fingerprint density at radius 1 is 1.25 bits per heavy atom. The summed E-state index contributed by atoms with van der Waals surface area (Å²) >= 11 is 1.61. The van der Waals surface area contributed by atoms with Crippen molar-refractivity contribution in [2.45, 2.75) is 52.1 Å². The summed E-state index contributed by atoms with van der Waals surface area (Å²) in [5, 5.41) is 12.1. The van der Waals surface area contributed by atoms with Crippen LogP contribution in [0.4, 0.5) is 4.39 Å². The number of likely N-dealkylation sites (tertiary alicyclic amines) is 1. The zero-order chi connectivity index (χ0) is 20.1. The average Bonchev–Trinajstić information content (AvgIpc) is 2.92. The molecule has 1 saturated heterocycles. The molecule has 28 heavy (non-hydrogen) atoms. The highest BCUT2D eigenvalue weighted by molar-refractivity contribution is 7.11. The molecule has 1 aliphatic rings.